The number of hydrogen-bond acceptors (Lipinski definition) is 3. The van der Waals surface area contributed by atoms with Crippen molar-refractivity contribution in [3.8, 4) is 0 Å². The van der Waals surface area contributed by atoms with E-state index in [9.17, 15) is 9.59 Å². The minimum absolute atomic E-state index is 0.0120. The topological polar surface area (TPSA) is 84.2 Å². The van der Waals surface area contributed by atoms with Crippen LogP contribution in [0, 0.1) is 0 Å². The molecule has 1 unspecified atom stereocenters. The minimum atomic E-state index is -1.10. The maximum Gasteiger partial charge on any atom is 0.357 e. The van der Waals surface area contributed by atoms with Gasteiger partial charge in [-0.1, -0.05) is 25.1 Å². The Morgan fingerprint density at radius 1 is 1.40 bits per heavy atom. The van der Waals surface area contributed by atoms with Gasteiger partial charge in [-0.3, -0.25) is 9.48 Å². The first kappa shape index (κ1) is 14.0. The number of nitrogens with zero attached hydrogens (tertiary/aromatic N) is 2. The maximum absolute atomic E-state index is 11.9. The van der Waals surface area contributed by atoms with Gasteiger partial charge < -0.3 is 10.4 Å². The zero-order valence-corrected chi connectivity index (χ0v) is 11.5. The van der Waals surface area contributed by atoms with E-state index < -0.39 is 5.97 Å². The fraction of sp³-hybridized carbons (Fsp3) is 0.357. The van der Waals surface area contributed by atoms with Gasteiger partial charge in [-0.25, -0.2) is 4.79 Å². The van der Waals surface area contributed by atoms with Crippen LogP contribution in [0.2, 0.25) is 0 Å². The number of aromatic carboxylic acids is 1. The number of carboxylic acid groups (broad SMARTS) is 1. The van der Waals surface area contributed by atoms with E-state index in [0.29, 0.717) is 10.9 Å². The SMILES string of the molecule is CCC(C)NC(=O)Cn1nc(C(=O)O)c2ccccc21. The fourth-order valence-corrected chi connectivity index (χ4v) is 1.96. The number of aromatic nitrogens is 2. The molecule has 2 N–H and O–H groups in total. The summed E-state index contributed by atoms with van der Waals surface area (Å²) in [5.74, 6) is -1.27. The Labute approximate surface area is 116 Å². The molecule has 1 aromatic heterocycles. The molecule has 0 bridgehead atoms. The van der Waals surface area contributed by atoms with Crippen molar-refractivity contribution >= 4 is 22.8 Å². The number of rotatable bonds is 5. The number of carboxylic acids is 1. The second-order valence-corrected chi connectivity index (χ2v) is 4.71. The molecule has 2 aromatic rings. The van der Waals surface area contributed by atoms with Gasteiger partial charge in [0.2, 0.25) is 5.91 Å². The number of para-hydroxylation sites is 1. The number of amides is 1. The summed E-state index contributed by atoms with van der Waals surface area (Å²) in [7, 11) is 0. The van der Waals surface area contributed by atoms with Crippen LogP contribution in [0.15, 0.2) is 24.3 Å². The third-order valence-electron chi connectivity index (χ3n) is 3.17. The predicted molar refractivity (Wildman–Crippen MR) is 74.6 cm³/mol. The molecule has 6 heteroatoms. The van der Waals surface area contributed by atoms with Crippen LogP contribution < -0.4 is 5.32 Å². The van der Waals surface area contributed by atoms with Crippen LogP contribution in [0.4, 0.5) is 0 Å². The maximum atomic E-state index is 11.9. The van der Waals surface area contributed by atoms with Crippen LogP contribution in [0.3, 0.4) is 0 Å². The van der Waals surface area contributed by atoms with Crippen molar-refractivity contribution in [3.63, 3.8) is 0 Å². The van der Waals surface area contributed by atoms with Gasteiger partial charge in [-0.05, 0) is 19.4 Å². The monoisotopic (exact) mass is 275 g/mol. The molecule has 1 aromatic carbocycles. The molecule has 1 atom stereocenters. The molecule has 0 saturated carbocycles. The van der Waals surface area contributed by atoms with Crippen LogP contribution in [-0.2, 0) is 11.3 Å². The third-order valence-corrected chi connectivity index (χ3v) is 3.17. The lowest BCUT2D eigenvalue weighted by atomic mass is 10.2. The van der Waals surface area contributed by atoms with Crippen molar-refractivity contribution in [1.29, 1.82) is 0 Å². The normalized spacial score (nSPS) is 12.3. The standard InChI is InChI=1S/C14H17N3O3/c1-3-9(2)15-12(18)8-17-11-7-5-4-6-10(11)13(16-17)14(19)20/h4-7,9H,3,8H2,1-2H3,(H,15,18)(H,19,20). The van der Waals surface area contributed by atoms with Gasteiger partial charge in [0, 0.05) is 11.4 Å². The van der Waals surface area contributed by atoms with E-state index in [2.05, 4.69) is 10.4 Å². The van der Waals surface area contributed by atoms with Crippen molar-refractivity contribution in [1.82, 2.24) is 15.1 Å². The Kier molecular flexibility index (Phi) is 4.02. The lowest BCUT2D eigenvalue weighted by Gasteiger charge is -2.11. The fourth-order valence-electron chi connectivity index (χ4n) is 1.96. The largest absolute Gasteiger partial charge is 0.476 e. The Hall–Kier alpha value is -2.37. The zero-order valence-electron chi connectivity index (χ0n) is 11.5. The average Bonchev–Trinajstić information content (AvgIpc) is 2.78. The molecule has 0 radical (unpaired) electrons. The van der Waals surface area contributed by atoms with Crippen LogP contribution in [0.1, 0.15) is 30.8 Å². The van der Waals surface area contributed by atoms with E-state index in [1.54, 1.807) is 24.3 Å². The Morgan fingerprint density at radius 2 is 2.10 bits per heavy atom. The smallest absolute Gasteiger partial charge is 0.357 e. The molecule has 0 saturated heterocycles. The number of benzene rings is 1. The second-order valence-electron chi connectivity index (χ2n) is 4.71. The summed E-state index contributed by atoms with van der Waals surface area (Å²) in [5, 5.41) is 16.5. The first-order chi connectivity index (χ1) is 9.52. The van der Waals surface area contributed by atoms with Gasteiger partial charge in [0.15, 0.2) is 5.69 Å². The van der Waals surface area contributed by atoms with Gasteiger partial charge in [-0.2, -0.15) is 5.10 Å². The number of carbonyl (C=O) groups is 2. The van der Waals surface area contributed by atoms with Gasteiger partial charge in [0.1, 0.15) is 6.54 Å². The number of fused-ring (bicyclic) bond motifs is 1. The van der Waals surface area contributed by atoms with Crippen LogP contribution in [-0.4, -0.2) is 32.8 Å². The Balaban J connectivity index is 2.31. The van der Waals surface area contributed by atoms with Gasteiger partial charge in [0.25, 0.3) is 0 Å². The minimum Gasteiger partial charge on any atom is -0.476 e. The summed E-state index contributed by atoms with van der Waals surface area (Å²) < 4.78 is 1.43. The van der Waals surface area contributed by atoms with E-state index in [1.165, 1.54) is 4.68 Å². The number of hydrogen-bond donors (Lipinski definition) is 2. The molecule has 2 rings (SSSR count). The van der Waals surface area contributed by atoms with Gasteiger partial charge in [-0.15, -0.1) is 0 Å². The molecular formula is C14H17N3O3. The molecule has 0 aliphatic carbocycles. The van der Waals surface area contributed by atoms with Gasteiger partial charge >= 0.3 is 5.97 Å². The molecule has 106 valence electrons. The molecule has 0 fully saturated rings. The molecule has 1 heterocycles. The summed E-state index contributed by atoms with van der Waals surface area (Å²) in [6.07, 6.45) is 0.839. The first-order valence-electron chi connectivity index (χ1n) is 6.51. The summed E-state index contributed by atoms with van der Waals surface area (Å²) in [5.41, 5.74) is 0.612. The average molecular weight is 275 g/mol. The highest BCUT2D eigenvalue weighted by Gasteiger charge is 2.17. The molecule has 0 spiro atoms. The molecule has 20 heavy (non-hydrogen) atoms. The quantitative estimate of drug-likeness (QED) is 0.869. The summed E-state index contributed by atoms with van der Waals surface area (Å²) >= 11 is 0. The summed E-state index contributed by atoms with van der Waals surface area (Å²) in [4.78, 5) is 23.0. The summed E-state index contributed by atoms with van der Waals surface area (Å²) in [6.45, 7) is 3.91. The molecule has 1 amide bonds. The van der Waals surface area contributed by atoms with Crippen LogP contribution in [0.25, 0.3) is 10.9 Å². The van der Waals surface area contributed by atoms with E-state index >= 15 is 0 Å². The predicted octanol–water partition coefficient (Wildman–Crippen LogP) is 1.65. The van der Waals surface area contributed by atoms with Crippen molar-refractivity contribution < 1.29 is 14.7 Å². The highest BCUT2D eigenvalue weighted by atomic mass is 16.4. The highest BCUT2D eigenvalue weighted by Crippen LogP contribution is 2.18. The van der Waals surface area contributed by atoms with Crippen molar-refractivity contribution in [2.45, 2.75) is 32.9 Å². The van der Waals surface area contributed by atoms with Crippen LogP contribution >= 0.6 is 0 Å². The van der Waals surface area contributed by atoms with E-state index in [0.717, 1.165) is 6.42 Å². The number of nitrogens with one attached hydrogen (secondary N) is 1. The summed E-state index contributed by atoms with van der Waals surface area (Å²) in [6, 6.07) is 7.07. The van der Waals surface area contributed by atoms with E-state index in [-0.39, 0.29) is 24.2 Å². The zero-order chi connectivity index (χ0) is 14.7. The molecule has 0 aliphatic heterocycles. The Bertz CT molecular complexity index is 648. The third kappa shape index (κ3) is 2.79. The van der Waals surface area contributed by atoms with Crippen LogP contribution in [0.5, 0.6) is 0 Å². The lowest BCUT2D eigenvalue weighted by Crippen LogP contribution is -2.34. The lowest BCUT2D eigenvalue weighted by molar-refractivity contribution is -0.122. The van der Waals surface area contributed by atoms with Crippen molar-refractivity contribution in [2.75, 3.05) is 0 Å². The van der Waals surface area contributed by atoms with E-state index in [4.69, 9.17) is 5.11 Å². The molecular weight excluding hydrogens is 258 g/mol. The van der Waals surface area contributed by atoms with Gasteiger partial charge in [0.05, 0.1) is 5.52 Å². The number of carbonyl (C=O) groups excluding carboxylic acids is 1. The second kappa shape index (κ2) is 5.73. The van der Waals surface area contributed by atoms with Crippen molar-refractivity contribution in [3.05, 3.63) is 30.0 Å². The molecule has 0 aliphatic rings. The van der Waals surface area contributed by atoms with E-state index in [1.807, 2.05) is 13.8 Å². The first-order valence-corrected chi connectivity index (χ1v) is 6.51. The highest BCUT2D eigenvalue weighted by molar-refractivity contribution is 6.01. The van der Waals surface area contributed by atoms with Crippen molar-refractivity contribution in [2.24, 2.45) is 0 Å². The molecule has 6 nitrogen and oxygen atoms in total. The Morgan fingerprint density at radius 3 is 2.75 bits per heavy atom.